The molecule has 1 aliphatic heterocycles. The van der Waals surface area contributed by atoms with Crippen LogP contribution in [0.2, 0.25) is 0 Å². The lowest BCUT2D eigenvalue weighted by Crippen LogP contribution is -2.31. The molecule has 1 saturated heterocycles. The van der Waals surface area contributed by atoms with E-state index in [1.807, 2.05) is 61.6 Å². The molecule has 3 aromatic rings. The predicted molar refractivity (Wildman–Crippen MR) is 103 cm³/mol. The second kappa shape index (κ2) is 6.92. The lowest BCUT2D eigenvalue weighted by molar-refractivity contribution is 0.0730. The number of H-pyrrole nitrogens is 1. The molecule has 1 atom stereocenters. The van der Waals surface area contributed by atoms with Gasteiger partial charge in [0.15, 0.2) is 0 Å². The molecule has 1 aromatic carbocycles. The highest BCUT2D eigenvalue weighted by molar-refractivity contribution is 5.98. The van der Waals surface area contributed by atoms with Gasteiger partial charge in [0.05, 0.1) is 11.7 Å². The van der Waals surface area contributed by atoms with Gasteiger partial charge in [-0.15, -0.1) is 0 Å². The normalized spacial score (nSPS) is 17.3. The molecule has 26 heavy (non-hydrogen) atoms. The number of carbonyl (C=O) groups excluding carboxylic acids is 1. The molecule has 2 aromatic heterocycles. The van der Waals surface area contributed by atoms with Crippen LogP contribution in [0.1, 0.15) is 40.6 Å². The second-order valence-corrected chi connectivity index (χ2v) is 7.25. The molecule has 134 valence electrons. The minimum atomic E-state index is 0.0784. The summed E-state index contributed by atoms with van der Waals surface area (Å²) in [6.45, 7) is 1.60. The SMILES string of the molecule is CN(C)Cc1cc([C@H]2CCCN2C(=O)c2cc3ccccc3[nH]2)ccn1. The Morgan fingerprint density at radius 2 is 2.12 bits per heavy atom. The lowest BCUT2D eigenvalue weighted by atomic mass is 10.0. The van der Waals surface area contributed by atoms with Crippen LogP contribution in [-0.4, -0.2) is 46.3 Å². The molecule has 0 unspecified atom stereocenters. The van der Waals surface area contributed by atoms with Crippen LogP contribution in [0.3, 0.4) is 0 Å². The van der Waals surface area contributed by atoms with E-state index >= 15 is 0 Å². The van der Waals surface area contributed by atoms with E-state index in [4.69, 9.17) is 0 Å². The van der Waals surface area contributed by atoms with Gasteiger partial charge in [0.1, 0.15) is 5.69 Å². The van der Waals surface area contributed by atoms with Gasteiger partial charge in [-0.3, -0.25) is 9.78 Å². The summed E-state index contributed by atoms with van der Waals surface area (Å²) in [7, 11) is 4.07. The third-order valence-electron chi connectivity index (χ3n) is 4.98. The van der Waals surface area contributed by atoms with E-state index in [9.17, 15) is 4.79 Å². The topological polar surface area (TPSA) is 52.2 Å². The summed E-state index contributed by atoms with van der Waals surface area (Å²) in [5, 5.41) is 1.07. The van der Waals surface area contributed by atoms with Crippen LogP contribution in [0.4, 0.5) is 0 Å². The molecule has 0 spiro atoms. The van der Waals surface area contributed by atoms with E-state index in [0.717, 1.165) is 42.5 Å². The van der Waals surface area contributed by atoms with Crippen molar-refractivity contribution in [2.45, 2.75) is 25.4 Å². The molecule has 0 bridgehead atoms. The van der Waals surface area contributed by atoms with Gasteiger partial charge in [-0.25, -0.2) is 0 Å². The minimum Gasteiger partial charge on any atom is -0.351 e. The van der Waals surface area contributed by atoms with Crippen LogP contribution >= 0.6 is 0 Å². The van der Waals surface area contributed by atoms with Crippen LogP contribution in [0.5, 0.6) is 0 Å². The molecule has 0 saturated carbocycles. The van der Waals surface area contributed by atoms with Crippen LogP contribution < -0.4 is 0 Å². The van der Waals surface area contributed by atoms with Crippen molar-refractivity contribution in [2.24, 2.45) is 0 Å². The first-order valence-electron chi connectivity index (χ1n) is 9.10. The van der Waals surface area contributed by atoms with E-state index in [1.165, 1.54) is 5.56 Å². The molecule has 1 fully saturated rings. The van der Waals surface area contributed by atoms with E-state index in [-0.39, 0.29) is 11.9 Å². The number of amides is 1. The van der Waals surface area contributed by atoms with Gasteiger partial charge in [-0.05, 0) is 56.8 Å². The van der Waals surface area contributed by atoms with Crippen molar-refractivity contribution in [3.63, 3.8) is 0 Å². The molecule has 5 nitrogen and oxygen atoms in total. The second-order valence-electron chi connectivity index (χ2n) is 7.25. The fourth-order valence-corrected chi connectivity index (χ4v) is 3.81. The number of hydrogen-bond acceptors (Lipinski definition) is 3. The molecule has 1 N–H and O–H groups in total. The lowest BCUT2D eigenvalue weighted by Gasteiger charge is -2.25. The van der Waals surface area contributed by atoms with Crippen molar-refractivity contribution in [3.05, 3.63) is 65.6 Å². The van der Waals surface area contributed by atoms with Gasteiger partial charge in [0.25, 0.3) is 5.91 Å². The third-order valence-corrected chi connectivity index (χ3v) is 4.98. The van der Waals surface area contributed by atoms with Crippen LogP contribution in [0.15, 0.2) is 48.7 Å². The van der Waals surface area contributed by atoms with E-state index in [0.29, 0.717) is 5.69 Å². The van der Waals surface area contributed by atoms with Gasteiger partial charge >= 0.3 is 0 Å². The average Bonchev–Trinajstić information content (AvgIpc) is 3.27. The highest BCUT2D eigenvalue weighted by atomic mass is 16.2. The van der Waals surface area contributed by atoms with Crippen LogP contribution in [-0.2, 0) is 6.54 Å². The maximum atomic E-state index is 13.1. The van der Waals surface area contributed by atoms with Gasteiger partial charge in [-0.1, -0.05) is 18.2 Å². The van der Waals surface area contributed by atoms with Crippen molar-refractivity contribution in [1.82, 2.24) is 19.8 Å². The fraction of sp³-hybridized carbons (Fsp3) is 0.333. The number of nitrogens with one attached hydrogen (secondary N) is 1. The number of rotatable bonds is 4. The minimum absolute atomic E-state index is 0.0784. The van der Waals surface area contributed by atoms with Crippen LogP contribution in [0, 0.1) is 0 Å². The highest BCUT2D eigenvalue weighted by Crippen LogP contribution is 2.33. The molecular weight excluding hydrogens is 324 g/mol. The summed E-state index contributed by atoms with van der Waals surface area (Å²) in [5.41, 5.74) is 3.89. The van der Waals surface area contributed by atoms with Gasteiger partial charge in [0.2, 0.25) is 0 Å². The number of benzene rings is 1. The largest absolute Gasteiger partial charge is 0.351 e. The monoisotopic (exact) mass is 348 g/mol. The Morgan fingerprint density at radius 3 is 2.92 bits per heavy atom. The molecular formula is C21H24N4O. The van der Waals surface area contributed by atoms with E-state index in [1.54, 1.807) is 0 Å². The standard InChI is InChI=1S/C21H24N4O/c1-24(2)14-17-12-16(9-10-22-17)20-8-5-11-25(20)21(26)19-13-15-6-3-4-7-18(15)23-19/h3-4,6-7,9-10,12-13,20,23H,5,8,11,14H2,1-2H3/t20-/m1/s1. The number of pyridine rings is 1. The Kier molecular flexibility index (Phi) is 4.47. The van der Waals surface area contributed by atoms with E-state index in [2.05, 4.69) is 20.9 Å². The predicted octanol–water partition coefficient (Wildman–Crippen LogP) is 3.60. The molecule has 0 aliphatic carbocycles. The third kappa shape index (κ3) is 3.22. The zero-order valence-corrected chi connectivity index (χ0v) is 15.3. The summed E-state index contributed by atoms with van der Waals surface area (Å²) in [6.07, 6.45) is 3.89. The average molecular weight is 348 g/mol. The first-order chi connectivity index (χ1) is 12.6. The highest BCUT2D eigenvalue weighted by Gasteiger charge is 2.31. The van der Waals surface area contributed by atoms with E-state index < -0.39 is 0 Å². The number of nitrogens with zero attached hydrogens (tertiary/aromatic N) is 3. The fourth-order valence-electron chi connectivity index (χ4n) is 3.81. The number of carbonyl (C=O) groups is 1. The molecule has 4 rings (SSSR count). The zero-order chi connectivity index (χ0) is 18.1. The number of fused-ring (bicyclic) bond motifs is 1. The molecule has 0 radical (unpaired) electrons. The summed E-state index contributed by atoms with van der Waals surface area (Å²) >= 11 is 0. The summed E-state index contributed by atoms with van der Waals surface area (Å²) < 4.78 is 0. The van der Waals surface area contributed by atoms with Gasteiger partial charge in [-0.2, -0.15) is 0 Å². The maximum absolute atomic E-state index is 13.1. The van der Waals surface area contributed by atoms with Crippen molar-refractivity contribution in [1.29, 1.82) is 0 Å². The van der Waals surface area contributed by atoms with Crippen molar-refractivity contribution in [3.8, 4) is 0 Å². The number of likely N-dealkylation sites (tertiary alicyclic amines) is 1. The molecule has 1 amide bonds. The summed E-state index contributed by atoms with van der Waals surface area (Å²) in [5.74, 6) is 0.0784. The van der Waals surface area contributed by atoms with Crippen molar-refractivity contribution < 1.29 is 4.79 Å². The quantitative estimate of drug-likeness (QED) is 0.784. The molecule has 5 heteroatoms. The Bertz CT molecular complexity index is 897. The van der Waals surface area contributed by atoms with Gasteiger partial charge in [0, 0.05) is 30.2 Å². The summed E-state index contributed by atoms with van der Waals surface area (Å²) in [4.78, 5) is 25.0. The first-order valence-corrected chi connectivity index (χ1v) is 9.10. The molecule has 3 heterocycles. The van der Waals surface area contributed by atoms with Gasteiger partial charge < -0.3 is 14.8 Å². The molecule has 1 aliphatic rings. The smallest absolute Gasteiger partial charge is 0.270 e. The number of aromatic nitrogens is 2. The van der Waals surface area contributed by atoms with Crippen molar-refractivity contribution in [2.75, 3.05) is 20.6 Å². The Balaban J connectivity index is 1.61. The first kappa shape index (κ1) is 16.8. The van der Waals surface area contributed by atoms with Crippen LogP contribution in [0.25, 0.3) is 10.9 Å². The summed E-state index contributed by atoms with van der Waals surface area (Å²) in [6, 6.07) is 14.3. The zero-order valence-electron chi connectivity index (χ0n) is 15.3. The Hall–Kier alpha value is -2.66. The van der Waals surface area contributed by atoms with Crippen molar-refractivity contribution >= 4 is 16.8 Å². The Morgan fingerprint density at radius 1 is 1.27 bits per heavy atom. The number of hydrogen-bond donors (Lipinski definition) is 1. The number of para-hydroxylation sites is 1. The number of aromatic amines is 1. The Labute approximate surface area is 153 Å². The maximum Gasteiger partial charge on any atom is 0.270 e.